The summed E-state index contributed by atoms with van der Waals surface area (Å²) in [6.07, 6.45) is 1.07. The lowest BCUT2D eigenvalue weighted by molar-refractivity contribution is 0.179. The molecule has 0 aliphatic carbocycles. The van der Waals surface area contributed by atoms with Crippen molar-refractivity contribution in [2.45, 2.75) is 24.3 Å². The molecule has 2 nitrogen and oxygen atoms in total. The van der Waals surface area contributed by atoms with Gasteiger partial charge in [-0.3, -0.25) is 0 Å². The third-order valence-corrected chi connectivity index (χ3v) is 4.32. The molecule has 4 heteroatoms. The van der Waals surface area contributed by atoms with Crippen LogP contribution >= 0.6 is 28.7 Å². The van der Waals surface area contributed by atoms with Crippen LogP contribution in [0.1, 0.15) is 25.0 Å². The molecular formula is C19H26BrNOS. The van der Waals surface area contributed by atoms with Crippen LogP contribution in [0.2, 0.25) is 0 Å². The molecule has 0 bridgehead atoms. The summed E-state index contributed by atoms with van der Waals surface area (Å²) in [5.74, 6) is 2.03. The molecule has 0 spiro atoms. The van der Waals surface area contributed by atoms with Crippen molar-refractivity contribution in [2.75, 3.05) is 26.4 Å². The van der Waals surface area contributed by atoms with Crippen molar-refractivity contribution in [3.63, 3.8) is 0 Å². The molecule has 1 atom stereocenters. The molecule has 23 heavy (non-hydrogen) atoms. The van der Waals surface area contributed by atoms with E-state index in [0.29, 0.717) is 0 Å². The summed E-state index contributed by atoms with van der Waals surface area (Å²) >= 11 is 1.85. The van der Waals surface area contributed by atoms with Gasteiger partial charge in [0.05, 0.1) is 0 Å². The predicted molar refractivity (Wildman–Crippen MR) is 106 cm³/mol. The molecule has 1 unspecified atom stereocenters. The Hall–Kier alpha value is -0.970. The molecule has 0 aliphatic heterocycles. The normalized spacial score (nSPS) is 11.8. The van der Waals surface area contributed by atoms with E-state index in [1.165, 1.54) is 10.5 Å². The van der Waals surface area contributed by atoms with E-state index in [4.69, 9.17) is 4.74 Å². The molecule has 2 aromatic carbocycles. The Balaban J connectivity index is 0.00000264. The molecule has 0 N–H and O–H groups in total. The van der Waals surface area contributed by atoms with E-state index < -0.39 is 0 Å². The van der Waals surface area contributed by atoms with E-state index in [2.05, 4.69) is 74.4 Å². The number of hydrogen-bond acceptors (Lipinski definition) is 3. The second-order valence-electron chi connectivity index (χ2n) is 5.51. The van der Waals surface area contributed by atoms with Gasteiger partial charge in [0.1, 0.15) is 11.9 Å². The number of rotatable bonds is 8. The summed E-state index contributed by atoms with van der Waals surface area (Å²) in [6.45, 7) is 3.17. The zero-order valence-corrected chi connectivity index (χ0v) is 16.6. The molecule has 0 fully saturated rings. The number of benzene rings is 2. The third-order valence-electron chi connectivity index (χ3n) is 3.42. The van der Waals surface area contributed by atoms with Crippen LogP contribution < -0.4 is 4.74 Å². The van der Waals surface area contributed by atoms with Crippen molar-refractivity contribution in [1.82, 2.24) is 4.90 Å². The summed E-state index contributed by atoms with van der Waals surface area (Å²) in [5.41, 5.74) is 1.23. The van der Waals surface area contributed by atoms with Gasteiger partial charge in [-0.1, -0.05) is 37.3 Å². The minimum atomic E-state index is 0. The highest BCUT2D eigenvalue weighted by molar-refractivity contribution is 8.93. The van der Waals surface area contributed by atoms with E-state index in [9.17, 15) is 0 Å². The maximum atomic E-state index is 6.25. The van der Waals surface area contributed by atoms with Gasteiger partial charge in [-0.25, -0.2) is 0 Å². The van der Waals surface area contributed by atoms with Crippen LogP contribution in [-0.4, -0.2) is 31.3 Å². The van der Waals surface area contributed by atoms with Crippen molar-refractivity contribution in [3.8, 4) is 5.75 Å². The Morgan fingerprint density at radius 2 is 1.65 bits per heavy atom. The van der Waals surface area contributed by atoms with E-state index in [-0.39, 0.29) is 23.1 Å². The monoisotopic (exact) mass is 395 g/mol. The van der Waals surface area contributed by atoms with Crippen molar-refractivity contribution in [3.05, 3.63) is 60.2 Å². The van der Waals surface area contributed by atoms with E-state index in [0.717, 1.165) is 24.5 Å². The highest BCUT2D eigenvalue weighted by Gasteiger charge is 2.13. The molecule has 2 rings (SSSR count). The summed E-state index contributed by atoms with van der Waals surface area (Å²) < 4.78 is 6.25. The highest BCUT2D eigenvalue weighted by atomic mass is 79.9. The van der Waals surface area contributed by atoms with Crippen molar-refractivity contribution in [2.24, 2.45) is 0 Å². The fourth-order valence-electron chi connectivity index (χ4n) is 2.28. The van der Waals surface area contributed by atoms with Gasteiger partial charge < -0.3 is 9.64 Å². The Kier molecular flexibility index (Phi) is 9.37. The number of hydrogen-bond donors (Lipinski definition) is 0. The first-order valence-electron chi connectivity index (χ1n) is 7.78. The van der Waals surface area contributed by atoms with Crippen molar-refractivity contribution < 1.29 is 4.74 Å². The zero-order chi connectivity index (χ0) is 15.8. The lowest BCUT2D eigenvalue weighted by Gasteiger charge is -2.21. The number of nitrogens with zero attached hydrogens (tertiary/aromatic N) is 1. The van der Waals surface area contributed by atoms with Crippen molar-refractivity contribution in [1.29, 1.82) is 0 Å². The fraction of sp³-hybridized carbons (Fsp3) is 0.368. The number of halogens is 1. The van der Waals surface area contributed by atoms with E-state index in [1.54, 1.807) is 0 Å². The molecule has 0 amide bonds. The smallest absolute Gasteiger partial charge is 0.125 e. The van der Waals surface area contributed by atoms with Crippen LogP contribution in [0, 0.1) is 0 Å². The maximum absolute atomic E-state index is 6.25. The first kappa shape index (κ1) is 20.1. The number of ether oxygens (including phenoxy) is 1. The van der Waals surface area contributed by atoms with Crippen molar-refractivity contribution >= 4 is 28.7 Å². The molecular weight excluding hydrogens is 370 g/mol. The molecule has 0 aliphatic rings. The van der Waals surface area contributed by atoms with Crippen LogP contribution in [0.5, 0.6) is 5.75 Å². The molecule has 0 aromatic heterocycles. The van der Waals surface area contributed by atoms with Crippen LogP contribution in [-0.2, 0) is 0 Å². The molecule has 126 valence electrons. The molecule has 2 aromatic rings. The molecule has 0 radical (unpaired) electrons. The summed E-state index contributed by atoms with van der Waals surface area (Å²) in [5, 5.41) is 0. The maximum Gasteiger partial charge on any atom is 0.125 e. The lowest BCUT2D eigenvalue weighted by atomic mass is 10.1. The van der Waals surface area contributed by atoms with Gasteiger partial charge in [0.2, 0.25) is 0 Å². The van der Waals surface area contributed by atoms with Crippen LogP contribution in [0.4, 0.5) is 0 Å². The van der Waals surface area contributed by atoms with E-state index >= 15 is 0 Å². The standard InChI is InChI=1S/C19H25NOS.BrH/c1-4-22-18-12-10-17(11-13-18)21-19(14-15-20(2)3)16-8-6-5-7-9-16;/h5-13,19H,4,14-15H2,1-3H3;1H. The fourth-order valence-corrected chi connectivity index (χ4v) is 2.94. The van der Waals surface area contributed by atoms with Crippen LogP contribution in [0.15, 0.2) is 59.5 Å². The quantitative estimate of drug-likeness (QED) is 0.551. The summed E-state index contributed by atoms with van der Waals surface area (Å²) in [4.78, 5) is 3.49. The highest BCUT2D eigenvalue weighted by Crippen LogP contribution is 2.27. The average Bonchev–Trinajstić information content (AvgIpc) is 2.54. The Morgan fingerprint density at radius 1 is 1.00 bits per heavy atom. The second-order valence-corrected chi connectivity index (χ2v) is 6.85. The number of thioether (sulfide) groups is 1. The Bertz CT molecular complexity index is 545. The van der Waals surface area contributed by atoms with E-state index in [1.807, 2.05) is 17.8 Å². The zero-order valence-electron chi connectivity index (χ0n) is 14.1. The molecule has 0 saturated heterocycles. The SMILES string of the molecule is Br.CCSc1ccc(OC(CCN(C)C)c2ccccc2)cc1. The Labute approximate surface area is 155 Å². The van der Waals surface area contributed by atoms with Gasteiger partial charge in [-0.05, 0) is 49.7 Å². The second kappa shape index (κ2) is 10.7. The largest absolute Gasteiger partial charge is 0.486 e. The van der Waals surface area contributed by atoms with Crippen LogP contribution in [0.25, 0.3) is 0 Å². The summed E-state index contributed by atoms with van der Waals surface area (Å²) in [6, 6.07) is 18.9. The van der Waals surface area contributed by atoms with Gasteiger partial charge in [-0.2, -0.15) is 0 Å². The van der Waals surface area contributed by atoms with Gasteiger partial charge >= 0.3 is 0 Å². The van der Waals surface area contributed by atoms with Gasteiger partial charge in [0, 0.05) is 17.9 Å². The molecule has 0 heterocycles. The first-order valence-corrected chi connectivity index (χ1v) is 8.76. The first-order chi connectivity index (χ1) is 10.7. The minimum Gasteiger partial charge on any atom is -0.486 e. The Morgan fingerprint density at radius 3 is 2.22 bits per heavy atom. The minimum absolute atomic E-state index is 0. The average molecular weight is 396 g/mol. The third kappa shape index (κ3) is 6.98. The lowest BCUT2D eigenvalue weighted by Crippen LogP contribution is -2.18. The summed E-state index contributed by atoms with van der Waals surface area (Å²) in [7, 11) is 4.19. The topological polar surface area (TPSA) is 12.5 Å². The van der Waals surface area contributed by atoms with Gasteiger partial charge in [0.25, 0.3) is 0 Å². The van der Waals surface area contributed by atoms with Crippen LogP contribution in [0.3, 0.4) is 0 Å². The molecule has 0 saturated carbocycles. The predicted octanol–water partition coefficient (Wildman–Crippen LogP) is 5.45. The van der Waals surface area contributed by atoms with Gasteiger partial charge in [0.15, 0.2) is 0 Å². The van der Waals surface area contributed by atoms with Gasteiger partial charge in [-0.15, -0.1) is 28.7 Å².